The molecule has 0 aromatic heterocycles. The van der Waals surface area contributed by atoms with Gasteiger partial charge in [0.1, 0.15) is 5.54 Å². The molecule has 1 saturated carbocycles. The van der Waals surface area contributed by atoms with Crippen molar-refractivity contribution in [2.45, 2.75) is 31.7 Å². The Labute approximate surface area is 127 Å². The van der Waals surface area contributed by atoms with E-state index in [-0.39, 0.29) is 18.4 Å². The van der Waals surface area contributed by atoms with E-state index in [0.717, 1.165) is 18.9 Å². The lowest BCUT2D eigenvalue weighted by molar-refractivity contribution is -0.121. The Bertz CT molecular complexity index is 666. The highest BCUT2D eigenvalue weighted by Crippen LogP contribution is 2.39. The summed E-state index contributed by atoms with van der Waals surface area (Å²) in [5.74, 6) is -1.84. The Kier molecular flexibility index (Phi) is 3.51. The van der Waals surface area contributed by atoms with Gasteiger partial charge < -0.3 is 10.2 Å². The lowest BCUT2D eigenvalue weighted by Gasteiger charge is -2.25. The SMILES string of the molecule is CC(C#N)(NC(=O)CN1CCc2cc(F)c(F)cc21)C1CC1. The molecule has 1 atom stereocenters. The van der Waals surface area contributed by atoms with Gasteiger partial charge >= 0.3 is 0 Å². The number of nitrogens with zero attached hydrogens (tertiary/aromatic N) is 2. The van der Waals surface area contributed by atoms with Gasteiger partial charge in [0.2, 0.25) is 5.91 Å². The molecule has 4 nitrogen and oxygen atoms in total. The lowest BCUT2D eigenvalue weighted by Crippen LogP contribution is -2.50. The monoisotopic (exact) mass is 305 g/mol. The fraction of sp³-hybridized carbons (Fsp3) is 0.500. The molecule has 1 heterocycles. The van der Waals surface area contributed by atoms with Crippen LogP contribution >= 0.6 is 0 Å². The van der Waals surface area contributed by atoms with Gasteiger partial charge in [0.15, 0.2) is 11.6 Å². The van der Waals surface area contributed by atoms with Gasteiger partial charge in [-0.1, -0.05) is 0 Å². The maximum Gasteiger partial charge on any atom is 0.240 e. The van der Waals surface area contributed by atoms with Crippen LogP contribution in [0.15, 0.2) is 12.1 Å². The normalized spacial score (nSPS) is 19.3. The summed E-state index contributed by atoms with van der Waals surface area (Å²) in [6, 6.07) is 4.49. The van der Waals surface area contributed by atoms with Gasteiger partial charge in [0.25, 0.3) is 0 Å². The summed E-state index contributed by atoms with van der Waals surface area (Å²) in [6.45, 7) is 2.32. The van der Waals surface area contributed by atoms with Gasteiger partial charge in [-0.2, -0.15) is 5.26 Å². The first kappa shape index (κ1) is 14.8. The van der Waals surface area contributed by atoms with Crippen LogP contribution in [0.5, 0.6) is 0 Å². The number of anilines is 1. The molecular weight excluding hydrogens is 288 g/mol. The van der Waals surface area contributed by atoms with Crippen LogP contribution in [0, 0.1) is 28.9 Å². The van der Waals surface area contributed by atoms with Gasteiger partial charge in [-0.25, -0.2) is 8.78 Å². The van der Waals surface area contributed by atoms with Crippen LogP contribution in [0.1, 0.15) is 25.3 Å². The van der Waals surface area contributed by atoms with Crippen molar-refractivity contribution >= 4 is 11.6 Å². The Hall–Kier alpha value is -2.16. The number of hydrogen-bond acceptors (Lipinski definition) is 3. The van der Waals surface area contributed by atoms with Gasteiger partial charge in [0, 0.05) is 18.3 Å². The average molecular weight is 305 g/mol. The van der Waals surface area contributed by atoms with Crippen LogP contribution in [-0.4, -0.2) is 24.5 Å². The summed E-state index contributed by atoms with van der Waals surface area (Å²) in [7, 11) is 0. The highest BCUT2D eigenvalue weighted by Gasteiger charge is 2.43. The highest BCUT2D eigenvalue weighted by molar-refractivity contribution is 5.83. The Morgan fingerprint density at radius 3 is 2.77 bits per heavy atom. The predicted molar refractivity (Wildman–Crippen MR) is 77.2 cm³/mol. The summed E-state index contributed by atoms with van der Waals surface area (Å²) in [5.41, 5.74) is 0.421. The van der Waals surface area contributed by atoms with Crippen molar-refractivity contribution in [3.63, 3.8) is 0 Å². The minimum absolute atomic E-state index is 0.0437. The number of amides is 1. The molecule has 1 fully saturated rings. The van der Waals surface area contributed by atoms with Crippen molar-refractivity contribution < 1.29 is 13.6 Å². The first-order valence-electron chi connectivity index (χ1n) is 7.38. The van der Waals surface area contributed by atoms with E-state index in [2.05, 4.69) is 11.4 Å². The third-order valence-electron chi connectivity index (χ3n) is 4.47. The highest BCUT2D eigenvalue weighted by atomic mass is 19.2. The molecule has 1 unspecified atom stereocenters. The first-order valence-corrected chi connectivity index (χ1v) is 7.38. The third-order valence-corrected chi connectivity index (χ3v) is 4.47. The summed E-state index contributed by atoms with van der Waals surface area (Å²) in [4.78, 5) is 13.9. The van der Waals surface area contributed by atoms with Gasteiger partial charge in [-0.3, -0.25) is 4.79 Å². The zero-order valence-corrected chi connectivity index (χ0v) is 12.3. The second-order valence-electron chi connectivity index (χ2n) is 6.20. The maximum atomic E-state index is 13.4. The number of nitrogens with one attached hydrogen (secondary N) is 1. The number of carbonyl (C=O) groups is 1. The van der Waals surface area contributed by atoms with E-state index in [9.17, 15) is 18.8 Å². The van der Waals surface area contributed by atoms with Gasteiger partial charge in [-0.15, -0.1) is 0 Å². The first-order chi connectivity index (χ1) is 10.4. The second-order valence-corrected chi connectivity index (χ2v) is 6.20. The molecule has 1 aromatic rings. The Morgan fingerprint density at radius 2 is 2.14 bits per heavy atom. The zero-order chi connectivity index (χ0) is 15.9. The van der Waals surface area contributed by atoms with Crippen molar-refractivity contribution in [3.8, 4) is 6.07 Å². The van der Waals surface area contributed by atoms with Crippen molar-refractivity contribution in [2.24, 2.45) is 5.92 Å². The summed E-state index contributed by atoms with van der Waals surface area (Å²) >= 11 is 0. The summed E-state index contributed by atoms with van der Waals surface area (Å²) in [6.07, 6.45) is 2.47. The summed E-state index contributed by atoms with van der Waals surface area (Å²) in [5, 5.41) is 12.0. The molecule has 22 heavy (non-hydrogen) atoms. The molecule has 1 aliphatic carbocycles. The maximum absolute atomic E-state index is 13.4. The number of carbonyl (C=O) groups excluding carboxylic acids is 1. The van der Waals surface area contributed by atoms with Crippen LogP contribution in [0.3, 0.4) is 0 Å². The van der Waals surface area contributed by atoms with Crippen molar-refractivity contribution in [1.29, 1.82) is 5.26 Å². The smallest absolute Gasteiger partial charge is 0.240 e. The molecule has 0 bridgehead atoms. The fourth-order valence-electron chi connectivity index (χ4n) is 3.00. The van der Waals surface area contributed by atoms with Crippen LogP contribution in [0.4, 0.5) is 14.5 Å². The van der Waals surface area contributed by atoms with Crippen molar-refractivity contribution in [3.05, 3.63) is 29.3 Å². The molecule has 116 valence electrons. The van der Waals surface area contributed by atoms with Gasteiger partial charge in [0.05, 0.1) is 12.6 Å². The van der Waals surface area contributed by atoms with Crippen molar-refractivity contribution in [1.82, 2.24) is 5.32 Å². The molecule has 1 aromatic carbocycles. The molecule has 0 radical (unpaired) electrons. The number of halogens is 2. The minimum Gasteiger partial charge on any atom is -0.362 e. The van der Waals surface area contributed by atoms with E-state index in [1.807, 2.05) is 0 Å². The predicted octanol–water partition coefficient (Wildman–Crippen LogP) is 2.14. The number of rotatable bonds is 4. The van der Waals surface area contributed by atoms with Crippen LogP contribution in [-0.2, 0) is 11.2 Å². The topological polar surface area (TPSA) is 56.1 Å². The second kappa shape index (κ2) is 5.24. The number of hydrogen-bond donors (Lipinski definition) is 1. The largest absolute Gasteiger partial charge is 0.362 e. The molecule has 1 aliphatic heterocycles. The van der Waals surface area contributed by atoms with E-state index < -0.39 is 17.2 Å². The van der Waals surface area contributed by atoms with E-state index >= 15 is 0 Å². The third kappa shape index (κ3) is 2.63. The van der Waals surface area contributed by atoms with Crippen LogP contribution in [0.25, 0.3) is 0 Å². The lowest BCUT2D eigenvalue weighted by atomic mass is 9.98. The molecule has 6 heteroatoms. The van der Waals surface area contributed by atoms with Gasteiger partial charge in [-0.05, 0) is 43.7 Å². The molecule has 1 amide bonds. The van der Waals surface area contributed by atoms with E-state index in [0.29, 0.717) is 24.2 Å². The number of nitriles is 1. The Balaban J connectivity index is 1.69. The molecular formula is C16H17F2N3O. The Morgan fingerprint density at radius 1 is 1.45 bits per heavy atom. The van der Waals surface area contributed by atoms with Crippen molar-refractivity contribution in [2.75, 3.05) is 18.0 Å². The fourth-order valence-corrected chi connectivity index (χ4v) is 3.00. The van der Waals surface area contributed by atoms with E-state index in [4.69, 9.17) is 0 Å². The number of benzene rings is 1. The molecule has 3 rings (SSSR count). The molecule has 2 aliphatic rings. The van der Waals surface area contributed by atoms with Crippen LogP contribution in [0.2, 0.25) is 0 Å². The molecule has 0 spiro atoms. The molecule has 0 saturated heterocycles. The van der Waals surface area contributed by atoms with E-state index in [1.54, 1.807) is 11.8 Å². The molecule has 1 N–H and O–H groups in total. The average Bonchev–Trinajstić information content (AvgIpc) is 3.26. The minimum atomic E-state index is -0.911. The zero-order valence-electron chi connectivity index (χ0n) is 12.3. The standard InChI is InChI=1S/C16H17F2N3O/c1-16(9-19,11-2-3-11)20-15(22)8-21-5-4-10-6-12(17)13(18)7-14(10)21/h6-7,11H,2-5,8H2,1H3,(H,20,22). The number of fused-ring (bicyclic) bond motifs is 1. The quantitative estimate of drug-likeness (QED) is 0.927. The van der Waals surface area contributed by atoms with Crippen LogP contribution < -0.4 is 10.2 Å². The summed E-state index contributed by atoms with van der Waals surface area (Å²) < 4.78 is 26.6. The van der Waals surface area contributed by atoms with E-state index in [1.165, 1.54) is 6.07 Å².